The van der Waals surface area contributed by atoms with E-state index in [0.717, 1.165) is 0 Å². The van der Waals surface area contributed by atoms with Gasteiger partial charge in [0.2, 0.25) is 11.8 Å². The van der Waals surface area contributed by atoms with Crippen LogP contribution in [-0.4, -0.2) is 11.8 Å². The van der Waals surface area contributed by atoms with Gasteiger partial charge < -0.3 is 11.1 Å². The van der Waals surface area contributed by atoms with Crippen molar-refractivity contribution in [2.45, 2.75) is 20.3 Å². The van der Waals surface area contributed by atoms with Gasteiger partial charge in [-0.15, -0.1) is 0 Å². The Morgan fingerprint density at radius 2 is 1.81 bits per heavy atom. The first-order valence-corrected chi connectivity index (χ1v) is 5.18. The van der Waals surface area contributed by atoms with E-state index >= 15 is 0 Å². The van der Waals surface area contributed by atoms with Crippen LogP contribution in [0.15, 0.2) is 24.3 Å². The Labute approximate surface area is 94.8 Å². The van der Waals surface area contributed by atoms with Crippen LogP contribution in [0, 0.1) is 5.92 Å². The van der Waals surface area contributed by atoms with Crippen molar-refractivity contribution in [3.8, 4) is 0 Å². The van der Waals surface area contributed by atoms with Gasteiger partial charge in [-0.2, -0.15) is 0 Å². The van der Waals surface area contributed by atoms with E-state index in [1.807, 2.05) is 13.8 Å². The number of rotatable bonds is 4. The standard InChI is InChI=1S/C12H16N2O2/c1-8(2)7-11(15)14-10-5-3-9(4-6-10)12(13)16/h3-6,8H,7H2,1-2H3,(H2,13,16)(H,14,15). The number of primary amides is 1. The molecule has 86 valence electrons. The largest absolute Gasteiger partial charge is 0.366 e. The maximum atomic E-state index is 11.4. The zero-order valence-electron chi connectivity index (χ0n) is 9.49. The van der Waals surface area contributed by atoms with Crippen molar-refractivity contribution < 1.29 is 9.59 Å². The molecule has 4 heteroatoms. The second-order valence-corrected chi connectivity index (χ2v) is 4.09. The molecule has 0 spiro atoms. The summed E-state index contributed by atoms with van der Waals surface area (Å²) in [6.45, 7) is 3.96. The topological polar surface area (TPSA) is 72.2 Å². The van der Waals surface area contributed by atoms with Crippen LogP contribution in [0.4, 0.5) is 5.69 Å². The first-order chi connectivity index (χ1) is 7.49. The molecule has 0 aliphatic heterocycles. The third-order valence-corrected chi connectivity index (χ3v) is 2.05. The van der Waals surface area contributed by atoms with Crippen molar-refractivity contribution in [1.82, 2.24) is 0 Å². The fourth-order valence-corrected chi connectivity index (χ4v) is 1.30. The number of hydrogen-bond donors (Lipinski definition) is 2. The lowest BCUT2D eigenvalue weighted by atomic mass is 10.1. The molecule has 0 fully saturated rings. The highest BCUT2D eigenvalue weighted by Crippen LogP contribution is 2.10. The zero-order chi connectivity index (χ0) is 12.1. The average molecular weight is 220 g/mol. The summed E-state index contributed by atoms with van der Waals surface area (Å²) < 4.78 is 0. The van der Waals surface area contributed by atoms with Crippen LogP contribution in [0.3, 0.4) is 0 Å². The summed E-state index contributed by atoms with van der Waals surface area (Å²) in [6, 6.07) is 6.51. The number of hydrogen-bond acceptors (Lipinski definition) is 2. The van der Waals surface area contributed by atoms with E-state index in [1.54, 1.807) is 24.3 Å². The minimum atomic E-state index is -0.472. The molecule has 1 aromatic rings. The number of carbonyl (C=O) groups excluding carboxylic acids is 2. The molecule has 0 radical (unpaired) electrons. The molecule has 0 aliphatic rings. The molecule has 0 heterocycles. The van der Waals surface area contributed by atoms with Crippen molar-refractivity contribution >= 4 is 17.5 Å². The Morgan fingerprint density at radius 1 is 1.25 bits per heavy atom. The van der Waals surface area contributed by atoms with Crippen LogP contribution in [0.1, 0.15) is 30.6 Å². The molecule has 0 atom stereocenters. The molecular weight excluding hydrogens is 204 g/mol. The van der Waals surface area contributed by atoms with Crippen molar-refractivity contribution in [3.63, 3.8) is 0 Å². The highest BCUT2D eigenvalue weighted by Gasteiger charge is 2.05. The second kappa shape index (κ2) is 5.30. The van der Waals surface area contributed by atoms with Crippen LogP contribution < -0.4 is 11.1 Å². The van der Waals surface area contributed by atoms with Gasteiger partial charge in [0.05, 0.1) is 0 Å². The molecule has 0 aromatic heterocycles. The van der Waals surface area contributed by atoms with Crippen LogP contribution in [0.5, 0.6) is 0 Å². The molecule has 0 bridgehead atoms. The number of benzene rings is 1. The van der Waals surface area contributed by atoms with Crippen molar-refractivity contribution in [2.24, 2.45) is 11.7 Å². The number of nitrogens with two attached hydrogens (primary N) is 1. The van der Waals surface area contributed by atoms with Crippen molar-refractivity contribution in [3.05, 3.63) is 29.8 Å². The summed E-state index contributed by atoms with van der Waals surface area (Å²) in [5.74, 6) is -0.174. The predicted octanol–water partition coefficient (Wildman–Crippen LogP) is 1.77. The van der Waals surface area contributed by atoms with E-state index in [4.69, 9.17) is 5.73 Å². The zero-order valence-corrected chi connectivity index (χ0v) is 9.49. The summed E-state index contributed by atoms with van der Waals surface area (Å²) >= 11 is 0. The number of carbonyl (C=O) groups is 2. The van der Waals surface area contributed by atoms with E-state index in [1.165, 1.54) is 0 Å². The first kappa shape index (κ1) is 12.2. The van der Waals surface area contributed by atoms with Gasteiger partial charge in [-0.05, 0) is 30.2 Å². The van der Waals surface area contributed by atoms with Crippen LogP contribution >= 0.6 is 0 Å². The lowest BCUT2D eigenvalue weighted by molar-refractivity contribution is -0.116. The molecule has 2 amide bonds. The first-order valence-electron chi connectivity index (χ1n) is 5.18. The van der Waals surface area contributed by atoms with E-state index in [9.17, 15) is 9.59 Å². The Hall–Kier alpha value is -1.84. The molecule has 1 aromatic carbocycles. The molecule has 0 saturated heterocycles. The summed E-state index contributed by atoms with van der Waals surface area (Å²) in [5, 5.41) is 2.75. The quantitative estimate of drug-likeness (QED) is 0.811. The third kappa shape index (κ3) is 3.73. The molecule has 1 rings (SSSR count). The molecule has 0 saturated carbocycles. The molecular formula is C12H16N2O2. The maximum Gasteiger partial charge on any atom is 0.248 e. The van der Waals surface area contributed by atoms with Gasteiger partial charge in [-0.3, -0.25) is 9.59 Å². The number of amides is 2. The van der Waals surface area contributed by atoms with Gasteiger partial charge in [-0.25, -0.2) is 0 Å². The maximum absolute atomic E-state index is 11.4. The SMILES string of the molecule is CC(C)CC(=O)Nc1ccc(C(N)=O)cc1. The van der Waals surface area contributed by atoms with Gasteiger partial charge >= 0.3 is 0 Å². The van der Waals surface area contributed by atoms with Gasteiger partial charge in [0.1, 0.15) is 0 Å². The second-order valence-electron chi connectivity index (χ2n) is 4.09. The van der Waals surface area contributed by atoms with Crippen LogP contribution in [0.25, 0.3) is 0 Å². The lowest BCUT2D eigenvalue weighted by Gasteiger charge is -2.07. The lowest BCUT2D eigenvalue weighted by Crippen LogP contribution is -2.14. The fourth-order valence-electron chi connectivity index (χ4n) is 1.30. The minimum absolute atomic E-state index is 0.0261. The molecule has 0 unspecified atom stereocenters. The van der Waals surface area contributed by atoms with E-state index in [0.29, 0.717) is 23.6 Å². The number of nitrogens with one attached hydrogen (secondary N) is 1. The smallest absolute Gasteiger partial charge is 0.248 e. The highest BCUT2D eigenvalue weighted by atomic mass is 16.2. The van der Waals surface area contributed by atoms with Crippen molar-refractivity contribution in [2.75, 3.05) is 5.32 Å². The molecule has 4 nitrogen and oxygen atoms in total. The molecule has 3 N–H and O–H groups in total. The van der Waals surface area contributed by atoms with Gasteiger partial charge in [0, 0.05) is 17.7 Å². The third-order valence-electron chi connectivity index (χ3n) is 2.05. The van der Waals surface area contributed by atoms with Gasteiger partial charge in [-0.1, -0.05) is 13.8 Å². The normalized spacial score (nSPS) is 10.2. The predicted molar refractivity (Wildman–Crippen MR) is 63.0 cm³/mol. The summed E-state index contributed by atoms with van der Waals surface area (Å²) in [6.07, 6.45) is 0.484. The van der Waals surface area contributed by atoms with Gasteiger partial charge in [0.25, 0.3) is 0 Å². The average Bonchev–Trinajstić information content (AvgIpc) is 2.16. The Kier molecular flexibility index (Phi) is 4.05. The summed E-state index contributed by atoms with van der Waals surface area (Å²) in [4.78, 5) is 22.3. The summed E-state index contributed by atoms with van der Waals surface area (Å²) in [7, 11) is 0. The fraction of sp³-hybridized carbons (Fsp3) is 0.333. The van der Waals surface area contributed by atoms with Gasteiger partial charge in [0.15, 0.2) is 0 Å². The monoisotopic (exact) mass is 220 g/mol. The molecule has 16 heavy (non-hydrogen) atoms. The summed E-state index contributed by atoms with van der Waals surface area (Å²) in [5.41, 5.74) is 6.21. The Morgan fingerprint density at radius 3 is 2.25 bits per heavy atom. The van der Waals surface area contributed by atoms with Crippen LogP contribution in [0.2, 0.25) is 0 Å². The van der Waals surface area contributed by atoms with E-state index in [-0.39, 0.29) is 5.91 Å². The number of anilines is 1. The molecule has 0 aliphatic carbocycles. The highest BCUT2D eigenvalue weighted by molar-refractivity contribution is 5.94. The Balaban J connectivity index is 2.62. The minimum Gasteiger partial charge on any atom is -0.366 e. The Bertz CT molecular complexity index is 383. The van der Waals surface area contributed by atoms with Crippen molar-refractivity contribution in [1.29, 1.82) is 0 Å². The van der Waals surface area contributed by atoms with E-state index in [2.05, 4.69) is 5.32 Å². The van der Waals surface area contributed by atoms with Crippen LogP contribution in [-0.2, 0) is 4.79 Å². The van der Waals surface area contributed by atoms with E-state index < -0.39 is 5.91 Å².